The maximum Gasteiger partial charge on any atom is 0.229 e. The molecule has 0 saturated heterocycles. The largest absolute Gasteiger partial charge is 0.361 e. The average molecular weight is 490 g/mol. The fourth-order valence-corrected chi connectivity index (χ4v) is 4.19. The normalized spacial score (nSPS) is 14.8. The Balaban J connectivity index is 1.39. The highest BCUT2D eigenvalue weighted by Gasteiger charge is 2.13. The lowest BCUT2D eigenvalue weighted by atomic mass is 9.99. The van der Waals surface area contributed by atoms with E-state index in [0.29, 0.717) is 11.8 Å². The van der Waals surface area contributed by atoms with Gasteiger partial charge in [-0.3, -0.25) is 0 Å². The lowest BCUT2D eigenvalue weighted by molar-refractivity contribution is 0.739. The number of aromatic amines is 1. The number of nitrogens with two attached hydrogens (primary N) is 1. The molecule has 0 spiro atoms. The summed E-state index contributed by atoms with van der Waals surface area (Å²) in [4.78, 5) is 12.4. The SMILES string of the molecule is NC(Nc1nc(Nc2ccc3[nH]cc(C4=CCNCC4)c3c2)ncc1Br)c1ccccc1. The van der Waals surface area contributed by atoms with Crippen LogP contribution in [0, 0.1) is 0 Å². The van der Waals surface area contributed by atoms with Crippen molar-refractivity contribution in [2.45, 2.75) is 12.6 Å². The molecule has 1 aliphatic heterocycles. The lowest BCUT2D eigenvalue weighted by Gasteiger charge is -2.16. The van der Waals surface area contributed by atoms with Crippen LogP contribution in [0.15, 0.2) is 71.5 Å². The Kier molecular flexibility index (Phi) is 5.89. The Bertz CT molecular complexity index is 1270. The topological polar surface area (TPSA) is 104 Å². The second-order valence-corrected chi connectivity index (χ2v) is 8.55. The summed E-state index contributed by atoms with van der Waals surface area (Å²) < 4.78 is 0.746. The Morgan fingerprint density at radius 2 is 2.00 bits per heavy atom. The minimum atomic E-state index is -0.382. The third kappa shape index (κ3) is 4.38. The van der Waals surface area contributed by atoms with Crippen molar-refractivity contribution in [2.24, 2.45) is 5.73 Å². The van der Waals surface area contributed by atoms with Gasteiger partial charge in [0.2, 0.25) is 5.95 Å². The Hall–Kier alpha value is -3.20. The van der Waals surface area contributed by atoms with Crippen molar-refractivity contribution in [3.8, 4) is 0 Å². The van der Waals surface area contributed by atoms with E-state index in [4.69, 9.17) is 5.73 Å². The second kappa shape index (κ2) is 9.12. The van der Waals surface area contributed by atoms with Crippen LogP contribution in [0.25, 0.3) is 16.5 Å². The number of hydrogen-bond donors (Lipinski definition) is 5. The van der Waals surface area contributed by atoms with Gasteiger partial charge in [-0.05, 0) is 58.2 Å². The molecule has 1 aliphatic rings. The minimum absolute atomic E-state index is 0.382. The summed E-state index contributed by atoms with van der Waals surface area (Å²) in [7, 11) is 0. The monoisotopic (exact) mass is 489 g/mol. The van der Waals surface area contributed by atoms with Gasteiger partial charge in [-0.25, -0.2) is 4.98 Å². The molecule has 162 valence electrons. The maximum atomic E-state index is 6.31. The first-order chi connectivity index (χ1) is 15.7. The molecule has 7 nitrogen and oxygen atoms in total. The van der Waals surface area contributed by atoms with Crippen molar-refractivity contribution >= 4 is 49.9 Å². The van der Waals surface area contributed by atoms with E-state index < -0.39 is 0 Å². The number of fused-ring (bicyclic) bond motifs is 1. The summed E-state index contributed by atoms with van der Waals surface area (Å²) in [5.74, 6) is 1.12. The van der Waals surface area contributed by atoms with Crippen LogP contribution in [0.4, 0.5) is 17.5 Å². The third-order valence-corrected chi connectivity index (χ3v) is 6.12. The van der Waals surface area contributed by atoms with Crippen molar-refractivity contribution in [1.82, 2.24) is 20.3 Å². The van der Waals surface area contributed by atoms with Gasteiger partial charge in [0.1, 0.15) is 12.0 Å². The van der Waals surface area contributed by atoms with Gasteiger partial charge in [-0.2, -0.15) is 4.98 Å². The number of halogens is 1. The Morgan fingerprint density at radius 1 is 1.12 bits per heavy atom. The van der Waals surface area contributed by atoms with Crippen LogP contribution in [0.3, 0.4) is 0 Å². The summed E-state index contributed by atoms with van der Waals surface area (Å²) in [6.45, 7) is 1.91. The molecule has 0 saturated carbocycles. The molecule has 2 aromatic carbocycles. The van der Waals surface area contributed by atoms with Crippen molar-refractivity contribution in [3.63, 3.8) is 0 Å². The smallest absolute Gasteiger partial charge is 0.229 e. The van der Waals surface area contributed by atoms with Crippen molar-refractivity contribution in [3.05, 3.63) is 82.6 Å². The Labute approximate surface area is 194 Å². The van der Waals surface area contributed by atoms with E-state index in [1.807, 2.05) is 36.4 Å². The van der Waals surface area contributed by atoms with Gasteiger partial charge >= 0.3 is 0 Å². The molecule has 1 atom stereocenters. The molecule has 1 unspecified atom stereocenters. The number of aromatic nitrogens is 3. The average Bonchev–Trinajstić information content (AvgIpc) is 3.25. The molecule has 0 amide bonds. The van der Waals surface area contributed by atoms with Crippen LogP contribution in [0.2, 0.25) is 0 Å². The standard InChI is InChI=1S/C24H24BrN7/c25-20-14-29-24(32-23(20)31-22(26)16-4-2-1-3-5-16)30-17-6-7-21-18(12-17)19(13-28-21)15-8-10-27-11-9-15/h1-8,12-14,22,27-28H,9-11,26H2,(H2,29,30,31,32). The zero-order chi connectivity index (χ0) is 21.9. The van der Waals surface area contributed by atoms with E-state index in [2.05, 4.69) is 71.2 Å². The first kappa shape index (κ1) is 20.7. The minimum Gasteiger partial charge on any atom is -0.361 e. The highest BCUT2D eigenvalue weighted by atomic mass is 79.9. The van der Waals surface area contributed by atoms with Crippen molar-refractivity contribution in [2.75, 3.05) is 23.7 Å². The van der Waals surface area contributed by atoms with Gasteiger partial charge in [0.15, 0.2) is 0 Å². The van der Waals surface area contributed by atoms with Gasteiger partial charge in [-0.15, -0.1) is 0 Å². The molecular weight excluding hydrogens is 466 g/mol. The predicted octanol–water partition coefficient (Wildman–Crippen LogP) is 4.91. The summed E-state index contributed by atoms with van der Waals surface area (Å²) in [6, 6.07) is 16.1. The van der Waals surface area contributed by atoms with E-state index >= 15 is 0 Å². The van der Waals surface area contributed by atoms with Crippen molar-refractivity contribution in [1.29, 1.82) is 0 Å². The van der Waals surface area contributed by atoms with Gasteiger partial charge < -0.3 is 26.7 Å². The molecule has 2 aromatic heterocycles. The maximum absolute atomic E-state index is 6.31. The molecule has 0 radical (unpaired) electrons. The Morgan fingerprint density at radius 3 is 2.81 bits per heavy atom. The summed E-state index contributed by atoms with van der Waals surface area (Å²) >= 11 is 3.51. The van der Waals surface area contributed by atoms with E-state index in [1.54, 1.807) is 6.20 Å². The third-order valence-electron chi connectivity index (χ3n) is 5.54. The van der Waals surface area contributed by atoms with E-state index in [-0.39, 0.29) is 6.17 Å². The number of hydrogen-bond acceptors (Lipinski definition) is 6. The van der Waals surface area contributed by atoms with E-state index in [0.717, 1.165) is 40.8 Å². The van der Waals surface area contributed by atoms with Crippen LogP contribution in [-0.4, -0.2) is 28.0 Å². The number of nitrogens with zero attached hydrogens (tertiary/aromatic N) is 2. The predicted molar refractivity (Wildman–Crippen MR) is 134 cm³/mol. The van der Waals surface area contributed by atoms with E-state index in [1.165, 1.54) is 16.5 Å². The molecule has 3 heterocycles. The van der Waals surface area contributed by atoms with E-state index in [9.17, 15) is 0 Å². The first-order valence-electron chi connectivity index (χ1n) is 10.6. The molecular formula is C24H24BrN7. The van der Waals surface area contributed by atoms with Crippen LogP contribution in [0.1, 0.15) is 23.7 Å². The molecule has 8 heteroatoms. The number of nitrogens with one attached hydrogen (secondary N) is 4. The van der Waals surface area contributed by atoms with Gasteiger partial charge in [0, 0.05) is 41.1 Å². The highest BCUT2D eigenvalue weighted by Crippen LogP contribution is 2.31. The highest BCUT2D eigenvalue weighted by molar-refractivity contribution is 9.10. The number of H-pyrrole nitrogens is 1. The first-order valence-corrected chi connectivity index (χ1v) is 11.3. The molecule has 0 aliphatic carbocycles. The second-order valence-electron chi connectivity index (χ2n) is 7.69. The van der Waals surface area contributed by atoms with Gasteiger partial charge in [0.25, 0.3) is 0 Å². The zero-order valence-electron chi connectivity index (χ0n) is 17.4. The number of benzene rings is 2. The van der Waals surface area contributed by atoms with Crippen LogP contribution in [-0.2, 0) is 0 Å². The van der Waals surface area contributed by atoms with Gasteiger partial charge in [-0.1, -0.05) is 36.4 Å². The van der Waals surface area contributed by atoms with Crippen LogP contribution >= 0.6 is 15.9 Å². The summed E-state index contributed by atoms with van der Waals surface area (Å²) in [6.07, 6.45) is 6.71. The van der Waals surface area contributed by atoms with Crippen LogP contribution in [0.5, 0.6) is 0 Å². The molecule has 4 aromatic rings. The number of anilines is 3. The summed E-state index contributed by atoms with van der Waals surface area (Å²) in [5, 5.41) is 11.1. The molecule has 5 rings (SSSR count). The number of rotatable bonds is 6. The van der Waals surface area contributed by atoms with Crippen molar-refractivity contribution < 1.29 is 0 Å². The fraction of sp³-hybridized carbons (Fsp3) is 0.167. The fourth-order valence-electron chi connectivity index (χ4n) is 3.88. The summed E-state index contributed by atoms with van der Waals surface area (Å²) in [5.41, 5.74) is 11.9. The molecule has 0 bridgehead atoms. The lowest BCUT2D eigenvalue weighted by Crippen LogP contribution is -2.21. The molecule has 6 N–H and O–H groups in total. The van der Waals surface area contributed by atoms with Gasteiger partial charge in [0.05, 0.1) is 4.47 Å². The quantitative estimate of drug-likeness (QED) is 0.246. The van der Waals surface area contributed by atoms with Crippen LogP contribution < -0.4 is 21.7 Å². The molecule has 0 fully saturated rings. The molecule has 32 heavy (non-hydrogen) atoms. The zero-order valence-corrected chi connectivity index (χ0v) is 19.0.